The van der Waals surface area contributed by atoms with Crippen LogP contribution in [0.5, 0.6) is 11.5 Å². The number of hydrogen-bond donors (Lipinski definition) is 1. The van der Waals surface area contributed by atoms with E-state index in [2.05, 4.69) is 15.1 Å². The summed E-state index contributed by atoms with van der Waals surface area (Å²) < 4.78 is 12.3. The van der Waals surface area contributed by atoms with Crippen LogP contribution in [0.3, 0.4) is 0 Å². The summed E-state index contributed by atoms with van der Waals surface area (Å²) in [4.78, 5) is 9.04. The highest BCUT2D eigenvalue weighted by molar-refractivity contribution is 7.98. The van der Waals surface area contributed by atoms with Crippen molar-refractivity contribution >= 4 is 28.6 Å². The molecule has 0 aliphatic carbocycles. The molecule has 0 radical (unpaired) electrons. The Labute approximate surface area is 137 Å². The van der Waals surface area contributed by atoms with Gasteiger partial charge in [-0.2, -0.15) is 5.10 Å². The molecule has 0 aliphatic rings. The molecule has 0 saturated carbocycles. The number of fused-ring (bicyclic) bond motifs is 1. The molecule has 1 aromatic carbocycles. The van der Waals surface area contributed by atoms with Gasteiger partial charge < -0.3 is 15.2 Å². The summed E-state index contributed by atoms with van der Waals surface area (Å²) in [5.74, 6) is 1.81. The van der Waals surface area contributed by atoms with Crippen molar-refractivity contribution in [3.63, 3.8) is 0 Å². The van der Waals surface area contributed by atoms with E-state index >= 15 is 0 Å². The summed E-state index contributed by atoms with van der Waals surface area (Å²) in [6.45, 7) is 0. The average Bonchev–Trinajstić information content (AvgIpc) is 2.87. The number of nitrogens with two attached hydrogens (primary N) is 1. The molecule has 0 atom stereocenters. The Kier molecular flexibility index (Phi) is 3.99. The smallest absolute Gasteiger partial charge is 0.190 e. The van der Waals surface area contributed by atoms with E-state index < -0.39 is 0 Å². The summed E-state index contributed by atoms with van der Waals surface area (Å²) in [7, 11) is 4.99. The van der Waals surface area contributed by atoms with E-state index in [1.165, 1.54) is 11.8 Å². The zero-order valence-electron chi connectivity index (χ0n) is 13.3. The Bertz CT molecular complexity index is 878. The van der Waals surface area contributed by atoms with E-state index in [9.17, 15) is 0 Å². The van der Waals surface area contributed by atoms with Crippen molar-refractivity contribution in [3.05, 3.63) is 18.2 Å². The molecule has 0 amide bonds. The normalized spacial score (nSPS) is 11.0. The minimum Gasteiger partial charge on any atom is -0.493 e. The van der Waals surface area contributed by atoms with Crippen LogP contribution in [-0.2, 0) is 7.05 Å². The molecule has 2 aromatic heterocycles. The van der Waals surface area contributed by atoms with Crippen molar-refractivity contribution in [2.24, 2.45) is 7.05 Å². The Morgan fingerprint density at radius 3 is 2.52 bits per heavy atom. The van der Waals surface area contributed by atoms with E-state index in [1.54, 1.807) is 25.9 Å². The van der Waals surface area contributed by atoms with Crippen molar-refractivity contribution in [3.8, 4) is 22.8 Å². The number of aromatic nitrogens is 4. The van der Waals surface area contributed by atoms with Gasteiger partial charge in [0.2, 0.25) is 0 Å². The molecule has 7 nitrogen and oxygen atoms in total. The third-order valence-corrected chi connectivity index (χ3v) is 4.11. The molecule has 0 unspecified atom stereocenters. The molecule has 0 aliphatic heterocycles. The second-order valence-corrected chi connectivity index (χ2v) is 5.61. The van der Waals surface area contributed by atoms with Gasteiger partial charge >= 0.3 is 0 Å². The first kappa shape index (κ1) is 15.4. The van der Waals surface area contributed by atoms with Crippen molar-refractivity contribution in [1.82, 2.24) is 19.7 Å². The molecule has 120 valence electrons. The standard InChI is InChI=1S/C15H17N5O2S/c1-20-13(16)11-12(17-15(23-4)18-14(11)19-20)8-5-6-9(21-2)10(7-8)22-3/h5-7H,16H2,1-4H3. The molecule has 3 rings (SSSR count). The number of benzene rings is 1. The second kappa shape index (κ2) is 5.96. The Morgan fingerprint density at radius 1 is 1.13 bits per heavy atom. The fourth-order valence-electron chi connectivity index (χ4n) is 2.38. The Morgan fingerprint density at radius 2 is 1.87 bits per heavy atom. The fraction of sp³-hybridized carbons (Fsp3) is 0.267. The van der Waals surface area contributed by atoms with Gasteiger partial charge in [-0.3, -0.25) is 4.68 Å². The minimum atomic E-state index is 0.525. The predicted molar refractivity (Wildman–Crippen MR) is 91.0 cm³/mol. The quantitative estimate of drug-likeness (QED) is 0.580. The van der Waals surface area contributed by atoms with E-state index in [-0.39, 0.29) is 0 Å². The van der Waals surface area contributed by atoms with Crippen LogP contribution in [0, 0.1) is 0 Å². The lowest BCUT2D eigenvalue weighted by atomic mass is 10.1. The van der Waals surface area contributed by atoms with Gasteiger partial charge in [0.1, 0.15) is 5.82 Å². The van der Waals surface area contributed by atoms with E-state index in [4.69, 9.17) is 15.2 Å². The van der Waals surface area contributed by atoms with Crippen molar-refractivity contribution < 1.29 is 9.47 Å². The summed E-state index contributed by atoms with van der Waals surface area (Å²) in [5.41, 5.74) is 8.32. The van der Waals surface area contributed by atoms with Crippen molar-refractivity contribution in [2.75, 3.05) is 26.2 Å². The van der Waals surface area contributed by atoms with Crippen molar-refractivity contribution in [1.29, 1.82) is 0 Å². The number of thioether (sulfide) groups is 1. The van der Waals surface area contributed by atoms with E-state index in [0.29, 0.717) is 28.1 Å². The number of methoxy groups -OCH3 is 2. The monoisotopic (exact) mass is 331 g/mol. The summed E-state index contributed by atoms with van der Waals surface area (Å²) in [6.07, 6.45) is 1.92. The number of aryl methyl sites for hydroxylation is 1. The molecule has 0 bridgehead atoms. The number of nitrogens with zero attached hydrogens (tertiary/aromatic N) is 4. The topological polar surface area (TPSA) is 88.1 Å². The Hall–Kier alpha value is -2.48. The van der Waals surface area contributed by atoms with Crippen LogP contribution in [0.1, 0.15) is 0 Å². The van der Waals surface area contributed by atoms with Gasteiger partial charge in [0, 0.05) is 12.6 Å². The van der Waals surface area contributed by atoms with Gasteiger partial charge in [0.25, 0.3) is 0 Å². The fourth-order valence-corrected chi connectivity index (χ4v) is 2.74. The van der Waals surface area contributed by atoms with Crippen LogP contribution in [0.25, 0.3) is 22.3 Å². The molecule has 23 heavy (non-hydrogen) atoms. The number of hydrogen-bond acceptors (Lipinski definition) is 7. The SMILES string of the molecule is COc1ccc(-c2nc(SC)nc3nn(C)c(N)c23)cc1OC. The molecule has 0 saturated heterocycles. The van der Waals surface area contributed by atoms with Gasteiger partial charge in [-0.05, 0) is 24.5 Å². The highest BCUT2D eigenvalue weighted by atomic mass is 32.2. The maximum Gasteiger partial charge on any atom is 0.190 e. The minimum absolute atomic E-state index is 0.525. The second-order valence-electron chi connectivity index (χ2n) is 4.84. The van der Waals surface area contributed by atoms with E-state index in [0.717, 1.165) is 16.6 Å². The van der Waals surface area contributed by atoms with Gasteiger partial charge in [-0.1, -0.05) is 11.8 Å². The Balaban J connectivity index is 2.30. The maximum atomic E-state index is 6.15. The third kappa shape index (κ3) is 2.55. The zero-order chi connectivity index (χ0) is 16.6. The first-order valence-corrected chi connectivity index (χ1v) is 8.08. The highest BCUT2D eigenvalue weighted by Crippen LogP contribution is 2.36. The molecular weight excluding hydrogens is 314 g/mol. The highest BCUT2D eigenvalue weighted by Gasteiger charge is 2.18. The van der Waals surface area contributed by atoms with Gasteiger partial charge in [-0.15, -0.1) is 0 Å². The first-order chi connectivity index (χ1) is 11.1. The van der Waals surface area contributed by atoms with Crippen LogP contribution in [-0.4, -0.2) is 40.2 Å². The van der Waals surface area contributed by atoms with E-state index in [1.807, 2.05) is 24.5 Å². The lowest BCUT2D eigenvalue weighted by molar-refractivity contribution is 0.355. The van der Waals surface area contributed by atoms with Crippen LogP contribution in [0.15, 0.2) is 23.4 Å². The molecule has 2 heterocycles. The number of nitrogen functional groups attached to an aromatic ring is 1. The van der Waals surface area contributed by atoms with Crippen LogP contribution in [0.4, 0.5) is 5.82 Å². The van der Waals surface area contributed by atoms with Gasteiger partial charge in [0.05, 0.1) is 25.3 Å². The lowest BCUT2D eigenvalue weighted by Crippen LogP contribution is -1.98. The first-order valence-electron chi connectivity index (χ1n) is 6.85. The molecule has 0 fully saturated rings. The summed E-state index contributed by atoms with van der Waals surface area (Å²) in [5, 5.41) is 5.73. The summed E-state index contributed by atoms with van der Waals surface area (Å²) in [6, 6.07) is 5.63. The molecule has 0 spiro atoms. The number of ether oxygens (including phenoxy) is 2. The van der Waals surface area contributed by atoms with Crippen LogP contribution < -0.4 is 15.2 Å². The molecule has 8 heteroatoms. The maximum absolute atomic E-state index is 6.15. The van der Waals surface area contributed by atoms with Gasteiger partial charge in [0.15, 0.2) is 22.3 Å². The predicted octanol–water partition coefficient (Wildman–Crippen LogP) is 2.35. The molecule has 3 aromatic rings. The molecule has 2 N–H and O–H groups in total. The zero-order valence-corrected chi connectivity index (χ0v) is 14.1. The molecular formula is C15H17N5O2S. The average molecular weight is 331 g/mol. The summed E-state index contributed by atoms with van der Waals surface area (Å²) >= 11 is 1.46. The van der Waals surface area contributed by atoms with Crippen LogP contribution >= 0.6 is 11.8 Å². The number of rotatable bonds is 4. The number of anilines is 1. The lowest BCUT2D eigenvalue weighted by Gasteiger charge is -2.10. The largest absolute Gasteiger partial charge is 0.493 e. The third-order valence-electron chi connectivity index (χ3n) is 3.56. The van der Waals surface area contributed by atoms with Crippen LogP contribution in [0.2, 0.25) is 0 Å². The van der Waals surface area contributed by atoms with Crippen molar-refractivity contribution in [2.45, 2.75) is 5.16 Å². The van der Waals surface area contributed by atoms with Gasteiger partial charge in [-0.25, -0.2) is 9.97 Å².